The van der Waals surface area contributed by atoms with Crippen molar-refractivity contribution in [3.05, 3.63) is 53.6 Å². The summed E-state index contributed by atoms with van der Waals surface area (Å²) in [6, 6.07) is 12.0. The van der Waals surface area contributed by atoms with Gasteiger partial charge < -0.3 is 19.9 Å². The number of carboxylic acids is 1. The molecule has 0 fully saturated rings. The molecule has 0 amide bonds. The van der Waals surface area contributed by atoms with E-state index in [4.69, 9.17) is 9.84 Å². The highest BCUT2D eigenvalue weighted by atomic mass is 19.3. The van der Waals surface area contributed by atoms with Crippen LogP contribution in [0.3, 0.4) is 0 Å². The van der Waals surface area contributed by atoms with E-state index in [2.05, 4.69) is 10.1 Å². The number of aliphatic carboxylic acids is 1. The van der Waals surface area contributed by atoms with Crippen molar-refractivity contribution in [2.75, 3.05) is 12.4 Å². The molecule has 5 nitrogen and oxygen atoms in total. The third-order valence-corrected chi connectivity index (χ3v) is 3.53. The first-order valence-corrected chi connectivity index (χ1v) is 7.64. The average Bonchev–Trinajstić information content (AvgIpc) is 2.58. The molecule has 134 valence electrons. The molecule has 0 atom stereocenters. The van der Waals surface area contributed by atoms with Crippen molar-refractivity contribution in [3.8, 4) is 11.5 Å². The molecular formula is C18H19F2NO4. The van der Waals surface area contributed by atoms with Gasteiger partial charge in [-0.05, 0) is 36.2 Å². The Hall–Kier alpha value is -2.83. The predicted molar refractivity (Wildman–Crippen MR) is 89.4 cm³/mol. The Balaban J connectivity index is 2.07. The normalized spacial score (nSPS) is 10.6. The van der Waals surface area contributed by atoms with Crippen LogP contribution in [-0.2, 0) is 17.8 Å². The highest BCUT2D eigenvalue weighted by Crippen LogP contribution is 2.27. The first kappa shape index (κ1) is 18.5. The number of carboxylic acid groups (broad SMARTS) is 1. The number of nitrogens with one attached hydrogen (secondary N) is 1. The maximum Gasteiger partial charge on any atom is 0.387 e. The van der Waals surface area contributed by atoms with Crippen LogP contribution in [0.4, 0.5) is 14.5 Å². The van der Waals surface area contributed by atoms with Crippen molar-refractivity contribution in [1.82, 2.24) is 0 Å². The smallest absolute Gasteiger partial charge is 0.387 e. The number of methoxy groups -OCH3 is 1. The average molecular weight is 351 g/mol. The van der Waals surface area contributed by atoms with Crippen LogP contribution >= 0.6 is 0 Å². The summed E-state index contributed by atoms with van der Waals surface area (Å²) in [5.74, 6) is -0.385. The zero-order valence-electron chi connectivity index (χ0n) is 13.7. The fourth-order valence-electron chi connectivity index (χ4n) is 2.30. The minimum Gasteiger partial charge on any atom is -0.497 e. The summed E-state index contributed by atoms with van der Waals surface area (Å²) in [5, 5.41) is 11.9. The van der Waals surface area contributed by atoms with Crippen LogP contribution in [0, 0.1) is 0 Å². The summed E-state index contributed by atoms with van der Waals surface area (Å²) in [4.78, 5) is 10.6. The van der Waals surface area contributed by atoms with Crippen LogP contribution in [0.2, 0.25) is 0 Å². The molecule has 2 aromatic rings. The van der Waals surface area contributed by atoms with E-state index in [0.29, 0.717) is 17.7 Å². The number of benzene rings is 2. The number of halogens is 2. The lowest BCUT2D eigenvalue weighted by atomic mass is 10.1. The molecule has 2 aromatic carbocycles. The van der Waals surface area contributed by atoms with Gasteiger partial charge in [0.25, 0.3) is 0 Å². The van der Waals surface area contributed by atoms with Gasteiger partial charge in [-0.25, -0.2) is 0 Å². The predicted octanol–water partition coefficient (Wildman–Crippen LogP) is 3.93. The minimum absolute atomic E-state index is 0.0453. The Morgan fingerprint density at radius 3 is 2.72 bits per heavy atom. The Kier molecular flexibility index (Phi) is 6.56. The first-order chi connectivity index (χ1) is 12.0. The molecule has 2 rings (SSSR count). The van der Waals surface area contributed by atoms with E-state index in [1.165, 1.54) is 13.2 Å². The lowest BCUT2D eigenvalue weighted by Crippen LogP contribution is -2.07. The number of hydrogen-bond donors (Lipinski definition) is 2. The molecule has 0 aliphatic rings. The molecule has 0 bridgehead atoms. The Morgan fingerprint density at radius 2 is 2.04 bits per heavy atom. The van der Waals surface area contributed by atoms with Crippen molar-refractivity contribution in [3.63, 3.8) is 0 Å². The maximum atomic E-state index is 12.6. The molecular weight excluding hydrogens is 332 g/mol. The monoisotopic (exact) mass is 351 g/mol. The molecule has 0 saturated carbocycles. The second kappa shape index (κ2) is 8.86. The largest absolute Gasteiger partial charge is 0.497 e. The van der Waals surface area contributed by atoms with Crippen LogP contribution in [0.1, 0.15) is 17.5 Å². The number of rotatable bonds is 9. The van der Waals surface area contributed by atoms with Crippen molar-refractivity contribution in [1.29, 1.82) is 0 Å². The van der Waals surface area contributed by atoms with Gasteiger partial charge in [0.15, 0.2) is 0 Å². The quantitative estimate of drug-likeness (QED) is 0.717. The van der Waals surface area contributed by atoms with E-state index in [1.807, 2.05) is 24.3 Å². The van der Waals surface area contributed by atoms with Crippen LogP contribution in [0.15, 0.2) is 42.5 Å². The number of carbonyl (C=O) groups is 1. The number of ether oxygens (including phenoxy) is 2. The zero-order chi connectivity index (χ0) is 18.2. The van der Waals surface area contributed by atoms with Gasteiger partial charge in [-0.2, -0.15) is 8.78 Å². The summed E-state index contributed by atoms with van der Waals surface area (Å²) in [6.07, 6.45) is 0.474. The molecule has 0 radical (unpaired) electrons. The summed E-state index contributed by atoms with van der Waals surface area (Å²) < 4.78 is 34.7. The maximum absolute atomic E-state index is 12.6. The number of hydrogen-bond acceptors (Lipinski definition) is 4. The third-order valence-electron chi connectivity index (χ3n) is 3.53. The molecule has 2 N–H and O–H groups in total. The van der Waals surface area contributed by atoms with Crippen LogP contribution in [0.25, 0.3) is 0 Å². The fourth-order valence-corrected chi connectivity index (χ4v) is 2.30. The van der Waals surface area contributed by atoms with Gasteiger partial charge in [0.05, 0.1) is 7.11 Å². The Morgan fingerprint density at radius 1 is 1.24 bits per heavy atom. The van der Waals surface area contributed by atoms with Gasteiger partial charge in [-0.15, -0.1) is 0 Å². The van der Waals surface area contributed by atoms with Crippen LogP contribution in [0.5, 0.6) is 11.5 Å². The molecule has 25 heavy (non-hydrogen) atoms. The summed E-state index contributed by atoms with van der Waals surface area (Å²) >= 11 is 0. The summed E-state index contributed by atoms with van der Waals surface area (Å²) in [6.45, 7) is -2.65. The van der Waals surface area contributed by atoms with E-state index < -0.39 is 12.6 Å². The molecule has 0 aromatic heterocycles. The van der Waals surface area contributed by atoms with Gasteiger partial charge >= 0.3 is 12.6 Å². The van der Waals surface area contributed by atoms with Gasteiger partial charge in [0.1, 0.15) is 11.5 Å². The molecule has 0 saturated heterocycles. The first-order valence-electron chi connectivity index (χ1n) is 7.64. The topological polar surface area (TPSA) is 67.8 Å². The van der Waals surface area contributed by atoms with E-state index >= 15 is 0 Å². The van der Waals surface area contributed by atoms with Gasteiger partial charge in [0, 0.05) is 30.3 Å². The second-order valence-corrected chi connectivity index (χ2v) is 5.30. The fraction of sp³-hybridized carbons (Fsp3) is 0.278. The minimum atomic E-state index is -2.93. The lowest BCUT2D eigenvalue weighted by molar-refractivity contribution is -0.136. The van der Waals surface area contributed by atoms with Crippen molar-refractivity contribution >= 4 is 11.7 Å². The third kappa shape index (κ3) is 5.95. The van der Waals surface area contributed by atoms with E-state index in [0.717, 1.165) is 11.3 Å². The Bertz CT molecular complexity index is 722. The molecule has 0 aliphatic heterocycles. The van der Waals surface area contributed by atoms with Crippen LogP contribution < -0.4 is 14.8 Å². The second-order valence-electron chi connectivity index (χ2n) is 5.30. The SMILES string of the molecule is COc1ccc(CNc2cccc(CCC(=O)O)c2)c(OC(F)F)c1. The van der Waals surface area contributed by atoms with E-state index in [-0.39, 0.29) is 18.7 Å². The highest BCUT2D eigenvalue weighted by Gasteiger charge is 2.11. The number of aryl methyl sites for hydroxylation is 1. The lowest BCUT2D eigenvalue weighted by Gasteiger charge is -2.14. The summed E-state index contributed by atoms with van der Waals surface area (Å²) in [7, 11) is 1.45. The standard InChI is InChI=1S/C18H19F2NO4/c1-24-15-7-6-13(16(10-15)25-18(19)20)11-21-14-4-2-3-12(9-14)5-8-17(22)23/h2-4,6-7,9-10,18,21H,5,8,11H2,1H3,(H,22,23). The van der Waals surface area contributed by atoms with Gasteiger partial charge in [-0.1, -0.05) is 12.1 Å². The van der Waals surface area contributed by atoms with Crippen molar-refractivity contribution in [2.45, 2.75) is 26.0 Å². The summed E-state index contributed by atoms with van der Waals surface area (Å²) in [5.41, 5.74) is 2.20. The number of anilines is 1. The Labute approximate surface area is 144 Å². The van der Waals surface area contributed by atoms with Crippen LogP contribution in [-0.4, -0.2) is 24.8 Å². The van der Waals surface area contributed by atoms with E-state index in [9.17, 15) is 13.6 Å². The molecule has 0 spiro atoms. The molecule has 0 aliphatic carbocycles. The van der Waals surface area contributed by atoms with Gasteiger partial charge in [-0.3, -0.25) is 4.79 Å². The molecule has 0 heterocycles. The zero-order valence-corrected chi connectivity index (χ0v) is 13.7. The van der Waals surface area contributed by atoms with Crippen molar-refractivity contribution in [2.24, 2.45) is 0 Å². The highest BCUT2D eigenvalue weighted by molar-refractivity contribution is 5.67. The van der Waals surface area contributed by atoms with Gasteiger partial charge in [0.2, 0.25) is 0 Å². The van der Waals surface area contributed by atoms with E-state index in [1.54, 1.807) is 12.1 Å². The molecule has 7 heteroatoms. The van der Waals surface area contributed by atoms with Crippen molar-refractivity contribution < 1.29 is 28.2 Å². The number of alkyl halides is 2. The molecule has 0 unspecified atom stereocenters.